The summed E-state index contributed by atoms with van der Waals surface area (Å²) < 4.78 is 68.8. The fourth-order valence-electron chi connectivity index (χ4n) is 1.80. The first-order valence-corrected chi connectivity index (χ1v) is 8.32. The van der Waals surface area contributed by atoms with Gasteiger partial charge in [-0.25, -0.2) is 4.79 Å². The SMILES string of the molecule is O=c1cc(CCl)c2ccc(OS(=O)(=O)CCC(F)(F)F)cc2o1. The van der Waals surface area contributed by atoms with E-state index in [0.717, 1.165) is 6.07 Å². The van der Waals surface area contributed by atoms with Crippen molar-refractivity contribution in [3.8, 4) is 5.75 Å². The van der Waals surface area contributed by atoms with E-state index in [0.29, 0.717) is 10.9 Å². The molecule has 5 nitrogen and oxygen atoms in total. The van der Waals surface area contributed by atoms with E-state index in [4.69, 9.17) is 16.0 Å². The van der Waals surface area contributed by atoms with Crippen molar-refractivity contribution in [2.75, 3.05) is 5.75 Å². The zero-order valence-electron chi connectivity index (χ0n) is 11.4. The Balaban J connectivity index is 2.29. The van der Waals surface area contributed by atoms with Gasteiger partial charge in [-0.3, -0.25) is 0 Å². The molecule has 0 saturated carbocycles. The second-order valence-corrected chi connectivity index (χ2v) is 6.55. The van der Waals surface area contributed by atoms with Gasteiger partial charge in [0.05, 0.1) is 12.2 Å². The molecule has 1 aromatic heterocycles. The number of benzene rings is 1. The van der Waals surface area contributed by atoms with Crippen LogP contribution in [0.2, 0.25) is 0 Å². The molecule has 1 aromatic carbocycles. The van der Waals surface area contributed by atoms with Crippen LogP contribution in [-0.2, 0) is 16.0 Å². The molecule has 0 aliphatic heterocycles. The average Bonchev–Trinajstić information content (AvgIpc) is 2.43. The van der Waals surface area contributed by atoms with Crippen LogP contribution in [0.3, 0.4) is 0 Å². The summed E-state index contributed by atoms with van der Waals surface area (Å²) in [4.78, 5) is 11.4. The van der Waals surface area contributed by atoms with E-state index in [1.54, 1.807) is 0 Å². The van der Waals surface area contributed by atoms with Gasteiger partial charge in [0.2, 0.25) is 0 Å². The number of halogens is 4. The van der Waals surface area contributed by atoms with Gasteiger partial charge in [-0.15, -0.1) is 11.6 Å². The van der Waals surface area contributed by atoms with Gasteiger partial charge in [-0.1, -0.05) is 0 Å². The second-order valence-electron chi connectivity index (χ2n) is 4.59. The molecule has 0 N–H and O–H groups in total. The predicted octanol–water partition coefficient (Wildman–Crippen LogP) is 3.19. The average molecular weight is 371 g/mol. The maximum atomic E-state index is 12.1. The third-order valence-corrected chi connectivity index (χ3v) is 4.24. The van der Waals surface area contributed by atoms with Crippen molar-refractivity contribution in [2.45, 2.75) is 18.5 Å². The van der Waals surface area contributed by atoms with Crippen LogP contribution < -0.4 is 9.81 Å². The molecule has 10 heteroatoms. The Morgan fingerprint density at radius 2 is 1.91 bits per heavy atom. The highest BCUT2D eigenvalue weighted by Crippen LogP contribution is 2.26. The van der Waals surface area contributed by atoms with E-state index in [-0.39, 0.29) is 17.2 Å². The highest BCUT2D eigenvalue weighted by molar-refractivity contribution is 7.87. The lowest BCUT2D eigenvalue weighted by molar-refractivity contribution is -0.130. The van der Waals surface area contributed by atoms with E-state index >= 15 is 0 Å². The molecule has 0 spiro atoms. The molecule has 2 aromatic rings. The maximum absolute atomic E-state index is 12.1. The number of hydrogen-bond acceptors (Lipinski definition) is 5. The van der Waals surface area contributed by atoms with Crippen molar-refractivity contribution in [2.24, 2.45) is 0 Å². The fourth-order valence-corrected chi connectivity index (χ4v) is 2.98. The summed E-state index contributed by atoms with van der Waals surface area (Å²) >= 11 is 5.69. The molecule has 0 saturated heterocycles. The van der Waals surface area contributed by atoms with Crippen molar-refractivity contribution < 1.29 is 30.2 Å². The van der Waals surface area contributed by atoms with E-state index in [1.165, 1.54) is 18.2 Å². The number of fused-ring (bicyclic) bond motifs is 1. The van der Waals surface area contributed by atoms with Crippen molar-refractivity contribution in [3.05, 3.63) is 40.2 Å². The van der Waals surface area contributed by atoms with Crippen LogP contribution in [0.4, 0.5) is 13.2 Å². The molecule has 126 valence electrons. The zero-order valence-corrected chi connectivity index (χ0v) is 13.0. The van der Waals surface area contributed by atoms with E-state index in [1.807, 2.05) is 0 Å². The first-order chi connectivity index (χ1) is 10.6. The lowest BCUT2D eigenvalue weighted by Gasteiger charge is -2.09. The third kappa shape index (κ3) is 4.87. The Morgan fingerprint density at radius 3 is 2.52 bits per heavy atom. The molecule has 1 heterocycles. The Morgan fingerprint density at radius 1 is 1.22 bits per heavy atom. The van der Waals surface area contributed by atoms with Crippen molar-refractivity contribution in [3.63, 3.8) is 0 Å². The Kier molecular flexibility index (Phi) is 4.90. The molecular formula is C13H10ClF3O5S. The van der Waals surface area contributed by atoms with Gasteiger partial charge in [0, 0.05) is 23.4 Å². The number of alkyl halides is 4. The van der Waals surface area contributed by atoms with Gasteiger partial charge in [0.15, 0.2) is 0 Å². The molecular weight excluding hydrogens is 361 g/mol. The standard InChI is InChI=1S/C13H10ClF3O5S/c14-7-8-5-12(18)21-11-6-9(1-2-10(8)11)22-23(19,20)4-3-13(15,16)17/h1-2,5-6H,3-4,7H2. The Bertz CT molecular complexity index is 873. The highest BCUT2D eigenvalue weighted by atomic mass is 35.5. The summed E-state index contributed by atoms with van der Waals surface area (Å²) in [5.74, 6) is -1.43. The molecule has 0 bridgehead atoms. The van der Waals surface area contributed by atoms with Crippen molar-refractivity contribution in [1.82, 2.24) is 0 Å². The predicted molar refractivity (Wildman–Crippen MR) is 77.1 cm³/mol. The van der Waals surface area contributed by atoms with Crippen LogP contribution in [-0.4, -0.2) is 20.3 Å². The summed E-state index contributed by atoms with van der Waals surface area (Å²) in [6.45, 7) is 0. The van der Waals surface area contributed by atoms with Crippen LogP contribution in [0.5, 0.6) is 5.75 Å². The van der Waals surface area contributed by atoms with Crippen LogP contribution in [0.1, 0.15) is 12.0 Å². The molecule has 0 fully saturated rings. The summed E-state index contributed by atoms with van der Waals surface area (Å²) in [5.41, 5.74) is -0.189. The van der Waals surface area contributed by atoms with Crippen LogP contribution in [0.15, 0.2) is 33.5 Å². The Labute approximate surface area is 133 Å². The number of hydrogen-bond donors (Lipinski definition) is 0. The lowest BCUT2D eigenvalue weighted by atomic mass is 10.1. The number of rotatable bonds is 5. The molecule has 0 atom stereocenters. The highest BCUT2D eigenvalue weighted by Gasteiger charge is 2.30. The summed E-state index contributed by atoms with van der Waals surface area (Å²) in [6.07, 6.45) is -6.13. The van der Waals surface area contributed by atoms with Gasteiger partial charge in [-0.2, -0.15) is 21.6 Å². The quantitative estimate of drug-likeness (QED) is 0.459. The Hall–Kier alpha value is -1.74. The van der Waals surface area contributed by atoms with Gasteiger partial charge < -0.3 is 8.60 Å². The molecule has 0 aliphatic carbocycles. The second kappa shape index (κ2) is 6.40. The van der Waals surface area contributed by atoms with Crippen LogP contribution in [0.25, 0.3) is 11.0 Å². The maximum Gasteiger partial charge on any atom is 0.390 e. The minimum Gasteiger partial charge on any atom is -0.423 e. The smallest absolute Gasteiger partial charge is 0.390 e. The minimum atomic E-state index is -4.61. The first kappa shape index (κ1) is 17.6. The summed E-state index contributed by atoms with van der Waals surface area (Å²) in [7, 11) is -4.43. The molecule has 0 amide bonds. The van der Waals surface area contributed by atoms with E-state index < -0.39 is 34.1 Å². The first-order valence-electron chi connectivity index (χ1n) is 6.21. The van der Waals surface area contributed by atoms with Crippen molar-refractivity contribution >= 4 is 32.7 Å². The zero-order chi connectivity index (χ0) is 17.3. The van der Waals surface area contributed by atoms with Crippen LogP contribution >= 0.6 is 11.6 Å². The molecule has 0 unspecified atom stereocenters. The van der Waals surface area contributed by atoms with E-state index in [2.05, 4.69) is 4.18 Å². The largest absolute Gasteiger partial charge is 0.423 e. The van der Waals surface area contributed by atoms with E-state index in [9.17, 15) is 26.4 Å². The lowest BCUT2D eigenvalue weighted by Crippen LogP contribution is -2.20. The molecule has 23 heavy (non-hydrogen) atoms. The fraction of sp³-hybridized carbons (Fsp3) is 0.308. The van der Waals surface area contributed by atoms with Crippen LogP contribution in [0, 0.1) is 0 Å². The van der Waals surface area contributed by atoms with Gasteiger partial charge >= 0.3 is 21.9 Å². The molecule has 0 aliphatic rings. The van der Waals surface area contributed by atoms with Gasteiger partial charge in [0.25, 0.3) is 0 Å². The summed E-state index contributed by atoms with van der Waals surface area (Å²) in [5, 5.41) is 0.472. The van der Waals surface area contributed by atoms with Gasteiger partial charge in [-0.05, 0) is 17.7 Å². The minimum absolute atomic E-state index is 0.0247. The van der Waals surface area contributed by atoms with Gasteiger partial charge in [0.1, 0.15) is 11.3 Å². The topological polar surface area (TPSA) is 73.6 Å². The molecule has 2 rings (SSSR count). The monoisotopic (exact) mass is 370 g/mol. The molecule has 0 radical (unpaired) electrons. The van der Waals surface area contributed by atoms with Crippen molar-refractivity contribution in [1.29, 1.82) is 0 Å². The third-order valence-electron chi connectivity index (χ3n) is 2.80. The summed E-state index contributed by atoms with van der Waals surface area (Å²) in [6, 6.07) is 4.95. The normalized spacial score (nSPS) is 12.5.